The van der Waals surface area contributed by atoms with Gasteiger partial charge in [-0.15, -0.1) is 11.3 Å². The van der Waals surface area contributed by atoms with Crippen LogP contribution in [-0.2, 0) is 9.47 Å². The molecule has 0 saturated carbocycles. The van der Waals surface area contributed by atoms with E-state index >= 15 is 0 Å². The molecule has 0 aromatic carbocycles. The molecule has 20 heavy (non-hydrogen) atoms. The lowest BCUT2D eigenvalue weighted by Crippen LogP contribution is -2.42. The number of carbonyl (C=O) groups excluding carboxylic acids is 1. The van der Waals surface area contributed by atoms with Gasteiger partial charge in [-0.05, 0) is 0 Å². The highest BCUT2D eigenvalue weighted by Crippen LogP contribution is 2.25. The summed E-state index contributed by atoms with van der Waals surface area (Å²) in [5.74, 6) is -1.08. The minimum Gasteiger partial charge on any atom is -0.476 e. The van der Waals surface area contributed by atoms with Gasteiger partial charge in [-0.3, -0.25) is 0 Å². The number of hydrogen-bond acceptors (Lipinski definition) is 6. The van der Waals surface area contributed by atoms with Crippen LogP contribution in [0.15, 0.2) is 18.0 Å². The molecule has 1 N–H and O–H groups in total. The SMILES string of the molecule is C=CCOC(=O)N1CCOC(c2nc(C(=O)O)cs2)C1. The highest BCUT2D eigenvalue weighted by molar-refractivity contribution is 7.09. The lowest BCUT2D eigenvalue weighted by atomic mass is 10.3. The van der Waals surface area contributed by atoms with Gasteiger partial charge in [-0.25, -0.2) is 14.6 Å². The van der Waals surface area contributed by atoms with Crippen molar-refractivity contribution < 1.29 is 24.2 Å². The molecule has 0 bridgehead atoms. The van der Waals surface area contributed by atoms with Crippen LogP contribution in [0.25, 0.3) is 0 Å². The molecule has 1 fully saturated rings. The van der Waals surface area contributed by atoms with E-state index in [-0.39, 0.29) is 12.3 Å². The minimum atomic E-state index is -1.08. The average Bonchev–Trinajstić information content (AvgIpc) is 2.95. The van der Waals surface area contributed by atoms with Crippen molar-refractivity contribution in [1.29, 1.82) is 0 Å². The third-order valence-electron chi connectivity index (χ3n) is 2.67. The maximum absolute atomic E-state index is 11.7. The molecule has 1 aliphatic rings. The van der Waals surface area contributed by atoms with Crippen LogP contribution in [0, 0.1) is 0 Å². The van der Waals surface area contributed by atoms with Crippen molar-refractivity contribution in [2.75, 3.05) is 26.3 Å². The minimum absolute atomic E-state index is 0.0139. The first-order valence-corrected chi connectivity index (χ1v) is 6.82. The number of carboxylic acid groups (broad SMARTS) is 1. The van der Waals surface area contributed by atoms with Gasteiger partial charge in [-0.2, -0.15) is 0 Å². The van der Waals surface area contributed by atoms with Crippen molar-refractivity contribution in [1.82, 2.24) is 9.88 Å². The van der Waals surface area contributed by atoms with E-state index in [0.717, 1.165) is 0 Å². The van der Waals surface area contributed by atoms with Crippen LogP contribution in [0.4, 0.5) is 4.79 Å². The van der Waals surface area contributed by atoms with Gasteiger partial charge in [0.1, 0.15) is 17.7 Å². The molecule has 1 amide bonds. The first-order chi connectivity index (χ1) is 9.61. The molecule has 2 rings (SSSR count). The number of thiazole rings is 1. The van der Waals surface area contributed by atoms with E-state index in [1.807, 2.05) is 0 Å². The molecule has 0 radical (unpaired) electrons. The van der Waals surface area contributed by atoms with Gasteiger partial charge in [0.05, 0.1) is 13.2 Å². The Labute approximate surface area is 119 Å². The molecule has 1 aromatic rings. The fourth-order valence-corrected chi connectivity index (χ4v) is 2.55. The molecule has 0 spiro atoms. The van der Waals surface area contributed by atoms with Crippen LogP contribution in [-0.4, -0.2) is 53.4 Å². The summed E-state index contributed by atoms with van der Waals surface area (Å²) in [5.41, 5.74) is -0.0139. The number of ether oxygens (including phenoxy) is 2. The predicted octanol–water partition coefficient (Wildman–Crippen LogP) is 1.54. The monoisotopic (exact) mass is 298 g/mol. The third-order valence-corrected chi connectivity index (χ3v) is 3.60. The molecule has 1 saturated heterocycles. The van der Waals surface area contributed by atoms with Gasteiger partial charge in [0.25, 0.3) is 0 Å². The van der Waals surface area contributed by atoms with E-state index < -0.39 is 18.2 Å². The van der Waals surface area contributed by atoms with Crippen molar-refractivity contribution in [3.63, 3.8) is 0 Å². The Hall–Kier alpha value is -1.93. The van der Waals surface area contributed by atoms with Crippen LogP contribution in [0.3, 0.4) is 0 Å². The lowest BCUT2D eigenvalue weighted by molar-refractivity contribution is -0.0274. The van der Waals surface area contributed by atoms with Crippen LogP contribution < -0.4 is 0 Å². The van der Waals surface area contributed by atoms with Crippen LogP contribution in [0.2, 0.25) is 0 Å². The summed E-state index contributed by atoms with van der Waals surface area (Å²) in [7, 11) is 0. The first kappa shape index (κ1) is 14.5. The third kappa shape index (κ3) is 3.34. The Morgan fingerprint density at radius 3 is 3.15 bits per heavy atom. The molecule has 8 heteroatoms. The zero-order valence-corrected chi connectivity index (χ0v) is 11.5. The van der Waals surface area contributed by atoms with E-state index in [1.54, 1.807) is 0 Å². The normalized spacial score (nSPS) is 18.6. The number of amides is 1. The highest BCUT2D eigenvalue weighted by atomic mass is 32.1. The van der Waals surface area contributed by atoms with Crippen molar-refractivity contribution >= 4 is 23.4 Å². The molecule has 1 unspecified atom stereocenters. The Kier molecular flexibility index (Phi) is 4.70. The number of carbonyl (C=O) groups is 2. The van der Waals surface area contributed by atoms with E-state index in [1.165, 1.54) is 27.7 Å². The quantitative estimate of drug-likeness (QED) is 0.848. The number of nitrogens with zero attached hydrogens (tertiary/aromatic N) is 2. The summed E-state index contributed by atoms with van der Waals surface area (Å²) < 4.78 is 10.5. The van der Waals surface area contributed by atoms with Gasteiger partial charge in [0.15, 0.2) is 5.69 Å². The summed E-state index contributed by atoms with van der Waals surface area (Å²) in [4.78, 5) is 28.0. The Balaban J connectivity index is 2.00. The van der Waals surface area contributed by atoms with Crippen LogP contribution in [0.5, 0.6) is 0 Å². The summed E-state index contributed by atoms with van der Waals surface area (Å²) in [6, 6.07) is 0. The van der Waals surface area contributed by atoms with Crippen LogP contribution >= 0.6 is 11.3 Å². The summed E-state index contributed by atoms with van der Waals surface area (Å²) >= 11 is 1.20. The smallest absolute Gasteiger partial charge is 0.410 e. The molecule has 108 valence electrons. The van der Waals surface area contributed by atoms with Crippen molar-refractivity contribution in [3.8, 4) is 0 Å². The second kappa shape index (κ2) is 6.49. The molecule has 2 heterocycles. The van der Waals surface area contributed by atoms with Gasteiger partial charge in [-0.1, -0.05) is 12.7 Å². The molecule has 1 aliphatic heterocycles. The number of carboxylic acids is 1. The number of morpholine rings is 1. The molecule has 1 atom stereocenters. The molecular weight excluding hydrogens is 284 g/mol. The summed E-state index contributed by atoms with van der Waals surface area (Å²) in [6.45, 7) is 4.71. The standard InChI is InChI=1S/C12H14N2O5S/c1-2-4-19-12(17)14-3-5-18-9(6-14)10-13-8(7-20-10)11(15)16/h2,7,9H,1,3-6H2,(H,15,16). The fraction of sp³-hybridized carbons (Fsp3) is 0.417. The van der Waals surface area contributed by atoms with E-state index in [2.05, 4.69) is 11.6 Å². The largest absolute Gasteiger partial charge is 0.476 e. The fourth-order valence-electron chi connectivity index (χ4n) is 1.72. The number of rotatable bonds is 4. The topological polar surface area (TPSA) is 89.0 Å². The number of aromatic nitrogens is 1. The summed E-state index contributed by atoms with van der Waals surface area (Å²) in [5, 5.41) is 10.8. The predicted molar refractivity (Wildman–Crippen MR) is 70.9 cm³/mol. The molecule has 7 nitrogen and oxygen atoms in total. The average molecular weight is 298 g/mol. The highest BCUT2D eigenvalue weighted by Gasteiger charge is 2.28. The molecular formula is C12H14N2O5S. The number of hydrogen-bond donors (Lipinski definition) is 1. The molecule has 1 aromatic heterocycles. The van der Waals surface area contributed by atoms with Gasteiger partial charge >= 0.3 is 12.1 Å². The van der Waals surface area contributed by atoms with Crippen molar-refractivity contribution in [2.24, 2.45) is 0 Å². The zero-order valence-electron chi connectivity index (χ0n) is 10.7. The lowest BCUT2D eigenvalue weighted by Gasteiger charge is -2.31. The van der Waals surface area contributed by atoms with E-state index in [4.69, 9.17) is 14.6 Å². The van der Waals surface area contributed by atoms with E-state index in [0.29, 0.717) is 24.7 Å². The van der Waals surface area contributed by atoms with Gasteiger partial charge in [0, 0.05) is 11.9 Å². The Morgan fingerprint density at radius 2 is 2.50 bits per heavy atom. The number of aromatic carboxylic acids is 1. The Bertz CT molecular complexity index is 516. The van der Waals surface area contributed by atoms with Gasteiger partial charge < -0.3 is 19.5 Å². The zero-order chi connectivity index (χ0) is 14.5. The Morgan fingerprint density at radius 1 is 1.70 bits per heavy atom. The second-order valence-corrected chi connectivity index (χ2v) is 4.94. The summed E-state index contributed by atoms with van der Waals surface area (Å²) in [6.07, 6.45) is 0.641. The van der Waals surface area contributed by atoms with Crippen LogP contribution in [0.1, 0.15) is 21.6 Å². The van der Waals surface area contributed by atoms with E-state index in [9.17, 15) is 9.59 Å². The first-order valence-electron chi connectivity index (χ1n) is 5.94. The molecule has 0 aliphatic carbocycles. The van der Waals surface area contributed by atoms with Crippen molar-refractivity contribution in [2.45, 2.75) is 6.10 Å². The maximum Gasteiger partial charge on any atom is 0.410 e. The van der Waals surface area contributed by atoms with Crippen molar-refractivity contribution in [3.05, 3.63) is 28.7 Å². The van der Waals surface area contributed by atoms with Gasteiger partial charge in [0.2, 0.25) is 0 Å². The second-order valence-electron chi connectivity index (χ2n) is 4.05. The maximum atomic E-state index is 11.7.